The molecule has 0 heterocycles. The Morgan fingerprint density at radius 3 is 2.80 bits per heavy atom. The van der Waals surface area contributed by atoms with Crippen LogP contribution in [0, 0.1) is 12.3 Å². The van der Waals surface area contributed by atoms with Crippen LogP contribution in [0.4, 0.5) is 4.79 Å². The van der Waals surface area contributed by atoms with Crippen molar-refractivity contribution in [2.75, 3.05) is 7.11 Å². The SMILES string of the molecule is [C]#CCC(C)OC(=O)OC. The van der Waals surface area contributed by atoms with Gasteiger partial charge in [0.1, 0.15) is 6.10 Å². The lowest BCUT2D eigenvalue weighted by Gasteiger charge is -2.07. The Balaban J connectivity index is 3.49. The zero-order chi connectivity index (χ0) is 7.98. The molecule has 0 aromatic carbocycles. The second kappa shape index (κ2) is 4.68. The summed E-state index contributed by atoms with van der Waals surface area (Å²) in [4.78, 5) is 10.4. The van der Waals surface area contributed by atoms with Crippen molar-refractivity contribution in [1.82, 2.24) is 0 Å². The minimum Gasteiger partial charge on any atom is -0.438 e. The third kappa shape index (κ3) is 3.79. The van der Waals surface area contributed by atoms with Gasteiger partial charge in [-0.1, -0.05) is 5.92 Å². The van der Waals surface area contributed by atoms with Crippen LogP contribution in [0.25, 0.3) is 0 Å². The van der Waals surface area contributed by atoms with Crippen molar-refractivity contribution in [3.8, 4) is 5.92 Å². The van der Waals surface area contributed by atoms with Crippen molar-refractivity contribution >= 4 is 6.16 Å². The first-order valence-corrected chi connectivity index (χ1v) is 2.85. The molecule has 0 rings (SSSR count). The predicted octanol–water partition coefficient (Wildman–Crippen LogP) is 1.14. The largest absolute Gasteiger partial charge is 0.508 e. The first-order chi connectivity index (χ1) is 4.70. The van der Waals surface area contributed by atoms with Crippen molar-refractivity contribution in [3.63, 3.8) is 0 Å². The first kappa shape index (κ1) is 8.83. The molecule has 0 saturated heterocycles. The molecule has 0 bridgehead atoms. The van der Waals surface area contributed by atoms with E-state index in [1.54, 1.807) is 6.92 Å². The highest BCUT2D eigenvalue weighted by atomic mass is 16.7. The summed E-state index contributed by atoms with van der Waals surface area (Å²) >= 11 is 0. The van der Waals surface area contributed by atoms with Gasteiger partial charge in [-0.05, 0) is 13.3 Å². The zero-order valence-electron chi connectivity index (χ0n) is 6.01. The number of rotatable bonds is 2. The van der Waals surface area contributed by atoms with Crippen molar-refractivity contribution in [2.24, 2.45) is 0 Å². The van der Waals surface area contributed by atoms with Gasteiger partial charge in [-0.3, -0.25) is 0 Å². The fourth-order valence-corrected chi connectivity index (χ4v) is 0.398. The lowest BCUT2D eigenvalue weighted by molar-refractivity contribution is 0.0452. The van der Waals surface area contributed by atoms with Gasteiger partial charge in [-0.2, -0.15) is 0 Å². The topological polar surface area (TPSA) is 35.5 Å². The monoisotopic (exact) mass is 141 g/mol. The fourth-order valence-electron chi connectivity index (χ4n) is 0.398. The lowest BCUT2D eigenvalue weighted by Crippen LogP contribution is -2.13. The van der Waals surface area contributed by atoms with Gasteiger partial charge in [-0.15, -0.1) is 0 Å². The molecule has 0 aromatic heterocycles. The molecule has 0 amide bonds. The van der Waals surface area contributed by atoms with Gasteiger partial charge in [0.25, 0.3) is 0 Å². The molecule has 3 nitrogen and oxygen atoms in total. The maximum atomic E-state index is 10.4. The Labute approximate surface area is 60.3 Å². The number of hydrogen-bond acceptors (Lipinski definition) is 3. The number of ether oxygens (including phenoxy) is 2. The van der Waals surface area contributed by atoms with E-state index in [1.165, 1.54) is 7.11 Å². The third-order valence-corrected chi connectivity index (χ3v) is 0.854. The Morgan fingerprint density at radius 1 is 1.80 bits per heavy atom. The van der Waals surface area contributed by atoms with Crippen LogP contribution in [0.1, 0.15) is 13.3 Å². The van der Waals surface area contributed by atoms with E-state index in [9.17, 15) is 4.79 Å². The van der Waals surface area contributed by atoms with E-state index in [2.05, 4.69) is 15.4 Å². The molecule has 0 aliphatic rings. The molecular formula is C7H9O3. The Hall–Kier alpha value is -1.17. The van der Waals surface area contributed by atoms with Crippen LogP contribution in [0.5, 0.6) is 0 Å². The average molecular weight is 141 g/mol. The van der Waals surface area contributed by atoms with E-state index in [-0.39, 0.29) is 6.10 Å². The van der Waals surface area contributed by atoms with E-state index in [0.717, 1.165) is 0 Å². The second-order valence-corrected chi connectivity index (χ2v) is 1.76. The number of carbonyl (C=O) groups excluding carboxylic acids is 1. The lowest BCUT2D eigenvalue weighted by atomic mass is 10.3. The van der Waals surface area contributed by atoms with Gasteiger partial charge in [0.2, 0.25) is 0 Å². The number of carbonyl (C=O) groups is 1. The zero-order valence-corrected chi connectivity index (χ0v) is 6.01. The summed E-state index contributed by atoms with van der Waals surface area (Å²) in [6, 6.07) is 0. The second-order valence-electron chi connectivity index (χ2n) is 1.76. The Kier molecular flexibility index (Phi) is 4.14. The van der Waals surface area contributed by atoms with E-state index >= 15 is 0 Å². The van der Waals surface area contributed by atoms with Gasteiger partial charge >= 0.3 is 6.16 Å². The van der Waals surface area contributed by atoms with Crippen molar-refractivity contribution in [2.45, 2.75) is 19.4 Å². The van der Waals surface area contributed by atoms with Crippen LogP contribution in [0.3, 0.4) is 0 Å². The molecule has 0 spiro atoms. The highest BCUT2D eigenvalue weighted by molar-refractivity contribution is 5.59. The van der Waals surface area contributed by atoms with Crippen molar-refractivity contribution < 1.29 is 14.3 Å². The maximum Gasteiger partial charge on any atom is 0.508 e. The van der Waals surface area contributed by atoms with Gasteiger partial charge in [-0.25, -0.2) is 4.79 Å². The maximum absolute atomic E-state index is 10.4. The Bertz CT molecular complexity index is 145. The minimum absolute atomic E-state index is 0.301. The molecule has 0 fully saturated rings. The molecule has 55 valence electrons. The van der Waals surface area contributed by atoms with Crippen LogP contribution in [0.15, 0.2) is 0 Å². The molecular weight excluding hydrogens is 132 g/mol. The van der Waals surface area contributed by atoms with Gasteiger partial charge in [0.05, 0.1) is 7.11 Å². The normalized spacial score (nSPS) is 11.3. The summed E-state index contributed by atoms with van der Waals surface area (Å²) in [5.74, 6) is 2.11. The summed E-state index contributed by atoms with van der Waals surface area (Å²) in [5.41, 5.74) is 0. The van der Waals surface area contributed by atoms with Gasteiger partial charge < -0.3 is 9.47 Å². The molecule has 1 unspecified atom stereocenters. The van der Waals surface area contributed by atoms with Crippen LogP contribution in [-0.2, 0) is 9.47 Å². The van der Waals surface area contributed by atoms with E-state index in [4.69, 9.17) is 6.42 Å². The first-order valence-electron chi connectivity index (χ1n) is 2.85. The van der Waals surface area contributed by atoms with E-state index in [1.807, 2.05) is 0 Å². The molecule has 1 atom stereocenters. The molecule has 0 saturated carbocycles. The predicted molar refractivity (Wildman–Crippen MR) is 34.7 cm³/mol. The van der Waals surface area contributed by atoms with Crippen LogP contribution in [0.2, 0.25) is 0 Å². The highest BCUT2D eigenvalue weighted by Crippen LogP contribution is 1.96. The minimum atomic E-state index is -0.720. The standard InChI is InChI=1S/C7H9O3/c1-4-5-6(2)10-7(8)9-3/h6H,5H2,2-3H3. The quantitative estimate of drug-likeness (QED) is 0.427. The van der Waals surface area contributed by atoms with Crippen LogP contribution in [-0.4, -0.2) is 19.4 Å². The summed E-state index contributed by atoms with van der Waals surface area (Å²) in [5, 5.41) is 0. The Morgan fingerprint density at radius 2 is 2.40 bits per heavy atom. The fraction of sp³-hybridized carbons (Fsp3) is 0.571. The molecule has 0 aliphatic heterocycles. The van der Waals surface area contributed by atoms with Gasteiger partial charge in [0.15, 0.2) is 0 Å². The number of hydrogen-bond donors (Lipinski definition) is 0. The third-order valence-electron chi connectivity index (χ3n) is 0.854. The highest BCUT2D eigenvalue weighted by Gasteiger charge is 2.06. The summed E-state index contributed by atoms with van der Waals surface area (Å²) < 4.78 is 8.81. The molecule has 1 radical (unpaired) electrons. The van der Waals surface area contributed by atoms with Crippen molar-refractivity contribution in [1.29, 1.82) is 0 Å². The molecule has 0 N–H and O–H groups in total. The summed E-state index contributed by atoms with van der Waals surface area (Å²) in [7, 11) is 1.24. The molecule has 3 heteroatoms. The molecule has 10 heavy (non-hydrogen) atoms. The summed E-state index contributed by atoms with van der Waals surface area (Å²) in [6.07, 6.45) is 5.80. The van der Waals surface area contributed by atoms with Crippen molar-refractivity contribution in [3.05, 3.63) is 6.42 Å². The molecule has 0 aliphatic carbocycles. The van der Waals surface area contributed by atoms with E-state index in [0.29, 0.717) is 6.42 Å². The average Bonchev–Trinajstić information content (AvgIpc) is 1.88. The van der Waals surface area contributed by atoms with Crippen LogP contribution >= 0.6 is 0 Å². The molecule has 0 aromatic rings. The van der Waals surface area contributed by atoms with Crippen LogP contribution < -0.4 is 0 Å². The smallest absolute Gasteiger partial charge is 0.438 e. The van der Waals surface area contributed by atoms with Gasteiger partial charge in [0, 0.05) is 6.42 Å². The summed E-state index contributed by atoms with van der Waals surface area (Å²) in [6.45, 7) is 1.67. The van der Waals surface area contributed by atoms with E-state index < -0.39 is 6.16 Å². The number of methoxy groups -OCH3 is 1.